The molecule has 0 aliphatic carbocycles. The first-order valence-corrected chi connectivity index (χ1v) is 4.76. The van der Waals surface area contributed by atoms with Crippen molar-refractivity contribution in [1.82, 2.24) is 9.80 Å². The molecule has 1 N–H and O–H groups in total. The summed E-state index contributed by atoms with van der Waals surface area (Å²) < 4.78 is 0. The Kier molecular flexibility index (Phi) is 3.65. The summed E-state index contributed by atoms with van der Waals surface area (Å²) in [4.78, 5) is 35.5. The molecule has 2 amide bonds. The zero-order valence-corrected chi connectivity index (χ0v) is 8.60. The first kappa shape index (κ1) is 11.5. The quantitative estimate of drug-likeness (QED) is 0.645. The fourth-order valence-electron chi connectivity index (χ4n) is 1.47. The SMILES string of the molecule is CC(=O)CC(=O)N1CCN(C(=O)O)CC1. The molecule has 1 fully saturated rings. The van der Waals surface area contributed by atoms with Gasteiger partial charge in [-0.15, -0.1) is 0 Å². The molecule has 0 unspecified atom stereocenters. The van der Waals surface area contributed by atoms with E-state index < -0.39 is 6.09 Å². The van der Waals surface area contributed by atoms with Gasteiger partial charge in [0.2, 0.25) is 5.91 Å². The van der Waals surface area contributed by atoms with Crippen molar-refractivity contribution in [2.24, 2.45) is 0 Å². The Hall–Kier alpha value is -1.59. The Bertz CT molecular complexity index is 282. The molecule has 0 aromatic carbocycles. The van der Waals surface area contributed by atoms with Gasteiger partial charge < -0.3 is 14.9 Å². The average molecular weight is 214 g/mol. The van der Waals surface area contributed by atoms with Gasteiger partial charge >= 0.3 is 6.09 Å². The minimum absolute atomic E-state index is 0.0902. The van der Waals surface area contributed by atoms with Crippen LogP contribution in [0.2, 0.25) is 0 Å². The lowest BCUT2D eigenvalue weighted by Crippen LogP contribution is -2.50. The normalized spacial score (nSPS) is 16.3. The highest BCUT2D eigenvalue weighted by Gasteiger charge is 2.23. The number of amides is 2. The van der Waals surface area contributed by atoms with Crippen molar-refractivity contribution < 1.29 is 19.5 Å². The number of rotatable bonds is 2. The van der Waals surface area contributed by atoms with E-state index >= 15 is 0 Å². The number of carbonyl (C=O) groups excluding carboxylic acids is 2. The molecule has 0 spiro atoms. The van der Waals surface area contributed by atoms with Crippen LogP contribution < -0.4 is 0 Å². The van der Waals surface area contributed by atoms with Gasteiger partial charge in [-0.3, -0.25) is 9.59 Å². The number of Topliss-reactive ketones (excluding diaryl/α,β-unsaturated/α-hetero) is 1. The number of piperazine rings is 1. The summed E-state index contributed by atoms with van der Waals surface area (Å²) in [7, 11) is 0. The molecule has 1 rings (SSSR count). The van der Waals surface area contributed by atoms with Crippen LogP contribution in [0.25, 0.3) is 0 Å². The van der Waals surface area contributed by atoms with Crippen molar-refractivity contribution >= 4 is 17.8 Å². The minimum atomic E-state index is -0.964. The van der Waals surface area contributed by atoms with Crippen LogP contribution in [0, 0.1) is 0 Å². The molecule has 0 aromatic heterocycles. The first-order chi connectivity index (χ1) is 7.00. The molecule has 1 aliphatic heterocycles. The fourth-order valence-corrected chi connectivity index (χ4v) is 1.47. The van der Waals surface area contributed by atoms with Crippen molar-refractivity contribution in [3.8, 4) is 0 Å². The van der Waals surface area contributed by atoms with Gasteiger partial charge in [0.1, 0.15) is 5.78 Å². The maximum Gasteiger partial charge on any atom is 0.407 e. The third-order valence-corrected chi connectivity index (χ3v) is 2.30. The smallest absolute Gasteiger partial charge is 0.407 e. The van der Waals surface area contributed by atoms with Gasteiger partial charge in [-0.05, 0) is 6.92 Å². The number of ketones is 1. The van der Waals surface area contributed by atoms with Gasteiger partial charge in [0.25, 0.3) is 0 Å². The number of nitrogens with zero attached hydrogens (tertiary/aromatic N) is 2. The van der Waals surface area contributed by atoms with Crippen LogP contribution in [0.4, 0.5) is 4.79 Å². The average Bonchev–Trinajstić information content (AvgIpc) is 2.17. The third kappa shape index (κ3) is 3.23. The summed E-state index contributed by atoms with van der Waals surface area (Å²) in [6.07, 6.45) is -1.05. The monoisotopic (exact) mass is 214 g/mol. The Morgan fingerprint density at radius 1 is 1.07 bits per heavy atom. The van der Waals surface area contributed by atoms with E-state index in [0.29, 0.717) is 26.2 Å². The maximum atomic E-state index is 11.4. The molecule has 1 aliphatic rings. The first-order valence-electron chi connectivity index (χ1n) is 4.76. The summed E-state index contributed by atoms with van der Waals surface area (Å²) in [6, 6.07) is 0. The largest absolute Gasteiger partial charge is 0.465 e. The number of carbonyl (C=O) groups is 3. The van der Waals surface area contributed by atoms with Gasteiger partial charge in [0.15, 0.2) is 0 Å². The Labute approximate surface area is 87.5 Å². The van der Waals surface area contributed by atoms with E-state index in [-0.39, 0.29) is 18.1 Å². The molecular formula is C9H14N2O4. The predicted octanol–water partition coefficient (Wildman–Crippen LogP) is -0.212. The molecule has 0 bridgehead atoms. The topological polar surface area (TPSA) is 77.9 Å². The summed E-state index contributed by atoms with van der Waals surface area (Å²) in [5.41, 5.74) is 0. The van der Waals surface area contributed by atoms with Crippen molar-refractivity contribution in [2.45, 2.75) is 13.3 Å². The van der Waals surface area contributed by atoms with Gasteiger partial charge in [0.05, 0.1) is 6.42 Å². The van der Waals surface area contributed by atoms with Gasteiger partial charge in [-0.2, -0.15) is 0 Å². The van der Waals surface area contributed by atoms with Crippen LogP contribution in [-0.4, -0.2) is 58.9 Å². The Balaban J connectivity index is 2.40. The second kappa shape index (κ2) is 4.77. The number of hydrogen-bond acceptors (Lipinski definition) is 3. The molecule has 15 heavy (non-hydrogen) atoms. The minimum Gasteiger partial charge on any atom is -0.465 e. The zero-order valence-electron chi connectivity index (χ0n) is 8.60. The number of hydrogen-bond donors (Lipinski definition) is 1. The summed E-state index contributed by atoms with van der Waals surface area (Å²) in [5, 5.41) is 8.68. The number of carboxylic acid groups (broad SMARTS) is 1. The Morgan fingerprint density at radius 2 is 1.53 bits per heavy atom. The van der Waals surface area contributed by atoms with Crippen LogP contribution in [0.5, 0.6) is 0 Å². The highest BCUT2D eigenvalue weighted by atomic mass is 16.4. The summed E-state index contributed by atoms with van der Waals surface area (Å²) >= 11 is 0. The van der Waals surface area contributed by atoms with Crippen LogP contribution in [-0.2, 0) is 9.59 Å². The molecule has 6 nitrogen and oxygen atoms in total. The highest BCUT2D eigenvalue weighted by Crippen LogP contribution is 2.04. The van der Waals surface area contributed by atoms with E-state index in [0.717, 1.165) is 0 Å². The lowest BCUT2D eigenvalue weighted by Gasteiger charge is -2.32. The predicted molar refractivity (Wildman–Crippen MR) is 51.5 cm³/mol. The van der Waals surface area contributed by atoms with Crippen LogP contribution >= 0.6 is 0 Å². The van der Waals surface area contributed by atoms with E-state index in [1.807, 2.05) is 0 Å². The van der Waals surface area contributed by atoms with E-state index in [1.165, 1.54) is 16.7 Å². The molecular weight excluding hydrogens is 200 g/mol. The maximum absolute atomic E-state index is 11.4. The van der Waals surface area contributed by atoms with Gasteiger partial charge in [-0.1, -0.05) is 0 Å². The van der Waals surface area contributed by atoms with E-state index in [4.69, 9.17) is 5.11 Å². The fraction of sp³-hybridized carbons (Fsp3) is 0.667. The third-order valence-electron chi connectivity index (χ3n) is 2.30. The zero-order chi connectivity index (χ0) is 11.4. The second-order valence-corrected chi connectivity index (χ2v) is 3.53. The Morgan fingerprint density at radius 3 is 1.93 bits per heavy atom. The van der Waals surface area contributed by atoms with Crippen LogP contribution in [0.3, 0.4) is 0 Å². The lowest BCUT2D eigenvalue weighted by atomic mass is 10.2. The van der Waals surface area contributed by atoms with Crippen molar-refractivity contribution in [3.05, 3.63) is 0 Å². The van der Waals surface area contributed by atoms with E-state index in [9.17, 15) is 14.4 Å². The van der Waals surface area contributed by atoms with Crippen molar-refractivity contribution in [1.29, 1.82) is 0 Å². The molecule has 6 heteroatoms. The molecule has 0 saturated carbocycles. The molecule has 84 valence electrons. The van der Waals surface area contributed by atoms with Crippen molar-refractivity contribution in [2.75, 3.05) is 26.2 Å². The lowest BCUT2D eigenvalue weighted by molar-refractivity contribution is -0.136. The van der Waals surface area contributed by atoms with Crippen LogP contribution in [0.1, 0.15) is 13.3 Å². The molecule has 1 saturated heterocycles. The molecule has 0 atom stereocenters. The molecule has 1 heterocycles. The van der Waals surface area contributed by atoms with E-state index in [1.54, 1.807) is 0 Å². The van der Waals surface area contributed by atoms with Gasteiger partial charge in [-0.25, -0.2) is 4.79 Å². The van der Waals surface area contributed by atoms with E-state index in [2.05, 4.69) is 0 Å². The second-order valence-electron chi connectivity index (χ2n) is 3.53. The summed E-state index contributed by atoms with van der Waals surface area (Å²) in [5.74, 6) is -0.381. The van der Waals surface area contributed by atoms with Gasteiger partial charge in [0, 0.05) is 26.2 Å². The highest BCUT2D eigenvalue weighted by molar-refractivity contribution is 5.96. The van der Waals surface area contributed by atoms with Crippen LogP contribution in [0.15, 0.2) is 0 Å². The summed E-state index contributed by atoms with van der Waals surface area (Å²) in [6.45, 7) is 2.75. The molecule has 0 aromatic rings. The molecule has 0 radical (unpaired) electrons. The van der Waals surface area contributed by atoms with Crippen molar-refractivity contribution in [3.63, 3.8) is 0 Å². The standard InChI is InChI=1S/C9H14N2O4/c1-7(12)6-8(13)10-2-4-11(5-3-10)9(14)15/h2-6H2,1H3,(H,14,15).